The van der Waals surface area contributed by atoms with Crippen LogP contribution in [0.2, 0.25) is 0 Å². The van der Waals surface area contributed by atoms with E-state index in [1.807, 2.05) is 6.92 Å². The lowest BCUT2D eigenvalue weighted by Gasteiger charge is -2.44. The van der Waals surface area contributed by atoms with Crippen LogP contribution in [0.25, 0.3) is 0 Å². The van der Waals surface area contributed by atoms with Gasteiger partial charge in [0.1, 0.15) is 17.1 Å². The Morgan fingerprint density at radius 3 is 2.82 bits per heavy atom. The van der Waals surface area contributed by atoms with E-state index in [9.17, 15) is 0 Å². The Hall–Kier alpha value is -1.26. The Morgan fingerprint density at radius 1 is 1.27 bits per heavy atom. The average molecular weight is 304 g/mol. The van der Waals surface area contributed by atoms with E-state index in [4.69, 9.17) is 15.2 Å². The summed E-state index contributed by atoms with van der Waals surface area (Å²) in [4.78, 5) is 2.52. The van der Waals surface area contributed by atoms with Gasteiger partial charge in [-0.1, -0.05) is 6.07 Å². The molecular weight excluding hydrogens is 276 g/mol. The molecule has 22 heavy (non-hydrogen) atoms. The summed E-state index contributed by atoms with van der Waals surface area (Å²) in [6.45, 7) is 6.86. The predicted molar refractivity (Wildman–Crippen MR) is 88.6 cm³/mol. The van der Waals surface area contributed by atoms with Crippen molar-refractivity contribution in [3.05, 3.63) is 23.8 Å². The van der Waals surface area contributed by atoms with Crippen molar-refractivity contribution in [1.29, 1.82) is 0 Å². The molecule has 1 aromatic carbocycles. The maximum absolute atomic E-state index is 6.47. The highest BCUT2D eigenvalue weighted by atomic mass is 16.5. The lowest BCUT2D eigenvalue weighted by molar-refractivity contribution is -0.0146. The van der Waals surface area contributed by atoms with Gasteiger partial charge in [0.25, 0.3) is 0 Å². The molecule has 0 bridgehead atoms. The van der Waals surface area contributed by atoms with Gasteiger partial charge < -0.3 is 20.1 Å². The van der Waals surface area contributed by atoms with Gasteiger partial charge in [-0.15, -0.1) is 0 Å². The van der Waals surface area contributed by atoms with Crippen molar-refractivity contribution >= 4 is 0 Å². The molecule has 0 unspecified atom stereocenters. The molecule has 0 atom stereocenters. The molecule has 4 nitrogen and oxygen atoms in total. The van der Waals surface area contributed by atoms with Crippen molar-refractivity contribution in [3.63, 3.8) is 0 Å². The molecule has 0 amide bonds. The van der Waals surface area contributed by atoms with E-state index in [0.717, 1.165) is 69.8 Å². The highest BCUT2D eigenvalue weighted by Crippen LogP contribution is 2.40. The van der Waals surface area contributed by atoms with E-state index in [1.54, 1.807) is 0 Å². The molecule has 4 heteroatoms. The van der Waals surface area contributed by atoms with Gasteiger partial charge in [-0.25, -0.2) is 0 Å². The maximum Gasteiger partial charge on any atom is 0.127 e. The molecule has 1 spiro atoms. The highest BCUT2D eigenvalue weighted by molar-refractivity contribution is 5.42. The third kappa shape index (κ3) is 3.39. The number of likely N-dealkylation sites (tertiary alicyclic amines) is 1. The number of hydrogen-bond donors (Lipinski definition) is 1. The second-order valence-electron chi connectivity index (χ2n) is 6.47. The lowest BCUT2D eigenvalue weighted by atomic mass is 9.83. The van der Waals surface area contributed by atoms with E-state index < -0.39 is 0 Å². The highest BCUT2D eigenvalue weighted by Gasteiger charge is 2.39. The molecule has 0 aromatic heterocycles. The van der Waals surface area contributed by atoms with Crippen molar-refractivity contribution < 1.29 is 9.47 Å². The summed E-state index contributed by atoms with van der Waals surface area (Å²) in [6, 6.07) is 6.28. The Morgan fingerprint density at radius 2 is 2.09 bits per heavy atom. The molecule has 122 valence electrons. The Bertz CT molecular complexity index is 496. The second kappa shape index (κ2) is 6.88. The molecule has 2 aliphatic rings. The van der Waals surface area contributed by atoms with Crippen LogP contribution in [0.1, 0.15) is 38.2 Å². The molecule has 1 saturated heterocycles. The Balaban J connectivity index is 1.65. The fourth-order valence-electron chi connectivity index (χ4n) is 3.59. The van der Waals surface area contributed by atoms with E-state index in [1.165, 1.54) is 5.56 Å². The van der Waals surface area contributed by atoms with Gasteiger partial charge in [-0.05, 0) is 63.7 Å². The van der Waals surface area contributed by atoms with Crippen LogP contribution in [0.15, 0.2) is 18.2 Å². The molecule has 1 aromatic rings. The van der Waals surface area contributed by atoms with Crippen LogP contribution in [0, 0.1) is 0 Å². The minimum atomic E-state index is 0.0387. The minimum absolute atomic E-state index is 0.0387. The average Bonchev–Trinajstić information content (AvgIpc) is 2.54. The van der Waals surface area contributed by atoms with Crippen LogP contribution in [-0.4, -0.2) is 43.3 Å². The molecule has 3 rings (SSSR count). The van der Waals surface area contributed by atoms with Crippen molar-refractivity contribution in [2.45, 2.75) is 44.6 Å². The van der Waals surface area contributed by atoms with Gasteiger partial charge in [-0.3, -0.25) is 0 Å². The summed E-state index contributed by atoms with van der Waals surface area (Å²) in [5.41, 5.74) is 6.97. The summed E-state index contributed by atoms with van der Waals surface area (Å²) < 4.78 is 12.1. The Kier molecular flexibility index (Phi) is 4.89. The van der Waals surface area contributed by atoms with Gasteiger partial charge in [-0.2, -0.15) is 0 Å². The smallest absolute Gasteiger partial charge is 0.127 e. The first-order valence-corrected chi connectivity index (χ1v) is 8.62. The number of fused-ring (bicyclic) bond motifs is 1. The molecule has 0 aliphatic carbocycles. The summed E-state index contributed by atoms with van der Waals surface area (Å²) in [5.74, 6) is 1.95. The Labute approximate surface area is 133 Å². The summed E-state index contributed by atoms with van der Waals surface area (Å²) in [6.07, 6.45) is 5.59. The molecule has 2 heterocycles. The molecular formula is C18H28N2O2. The second-order valence-corrected chi connectivity index (χ2v) is 6.47. The molecule has 0 radical (unpaired) electrons. The van der Waals surface area contributed by atoms with Crippen molar-refractivity contribution in [2.24, 2.45) is 5.73 Å². The molecule has 1 fully saturated rings. The zero-order valence-electron chi connectivity index (χ0n) is 13.6. The van der Waals surface area contributed by atoms with E-state index in [0.29, 0.717) is 6.61 Å². The fraction of sp³-hybridized carbons (Fsp3) is 0.667. The first-order valence-electron chi connectivity index (χ1n) is 8.62. The number of benzene rings is 1. The number of aryl methyl sites for hydroxylation is 1. The number of piperidine rings is 1. The number of hydrogen-bond acceptors (Lipinski definition) is 4. The molecule has 2 N–H and O–H groups in total. The zero-order valence-corrected chi connectivity index (χ0v) is 13.6. The van der Waals surface area contributed by atoms with Crippen LogP contribution in [-0.2, 0) is 6.42 Å². The maximum atomic E-state index is 6.47. The van der Waals surface area contributed by atoms with Gasteiger partial charge >= 0.3 is 0 Å². The van der Waals surface area contributed by atoms with Gasteiger partial charge in [0.05, 0.1) is 6.61 Å². The first kappa shape index (κ1) is 15.6. The van der Waals surface area contributed by atoms with Crippen LogP contribution >= 0.6 is 0 Å². The summed E-state index contributed by atoms with van der Waals surface area (Å²) in [5, 5.41) is 0. The largest absolute Gasteiger partial charge is 0.494 e. The van der Waals surface area contributed by atoms with Crippen molar-refractivity contribution in [2.75, 3.05) is 32.8 Å². The van der Waals surface area contributed by atoms with Crippen molar-refractivity contribution in [1.82, 2.24) is 4.90 Å². The molecule has 0 saturated carbocycles. The van der Waals surface area contributed by atoms with Crippen molar-refractivity contribution in [3.8, 4) is 11.5 Å². The van der Waals surface area contributed by atoms with E-state index in [-0.39, 0.29) is 5.60 Å². The van der Waals surface area contributed by atoms with Crippen LogP contribution in [0.3, 0.4) is 0 Å². The number of ether oxygens (including phenoxy) is 2. The summed E-state index contributed by atoms with van der Waals surface area (Å²) >= 11 is 0. The lowest BCUT2D eigenvalue weighted by Crippen LogP contribution is -2.50. The summed E-state index contributed by atoms with van der Waals surface area (Å²) in [7, 11) is 0. The first-order chi connectivity index (χ1) is 10.7. The third-order valence-corrected chi connectivity index (χ3v) is 4.97. The van der Waals surface area contributed by atoms with Gasteiger partial charge in [0.2, 0.25) is 0 Å². The quantitative estimate of drug-likeness (QED) is 0.908. The van der Waals surface area contributed by atoms with Crippen LogP contribution < -0.4 is 15.2 Å². The monoisotopic (exact) mass is 304 g/mol. The topological polar surface area (TPSA) is 47.7 Å². The normalized spacial score (nSPS) is 20.5. The fourth-order valence-corrected chi connectivity index (χ4v) is 3.59. The van der Waals surface area contributed by atoms with Crippen LogP contribution in [0.5, 0.6) is 11.5 Å². The zero-order chi connectivity index (χ0) is 15.4. The number of nitrogens with zero attached hydrogens (tertiary/aromatic N) is 1. The van der Waals surface area contributed by atoms with E-state index >= 15 is 0 Å². The number of nitrogens with two attached hydrogens (primary N) is 1. The standard InChI is InChI=1S/C18H28N2O2/c1-2-21-16-5-4-15-6-7-18(22-17(15)14-16)8-12-20(13-9-18)11-3-10-19/h4-5,14H,2-3,6-13,19H2,1H3. The SMILES string of the molecule is CCOc1ccc2c(c1)OC1(CC2)CCN(CCCN)CC1. The molecule has 2 aliphatic heterocycles. The number of rotatable bonds is 5. The van der Waals surface area contributed by atoms with Gasteiger partial charge in [0, 0.05) is 19.2 Å². The van der Waals surface area contributed by atoms with Crippen LogP contribution in [0.4, 0.5) is 0 Å². The minimum Gasteiger partial charge on any atom is -0.494 e. The third-order valence-electron chi connectivity index (χ3n) is 4.97. The van der Waals surface area contributed by atoms with E-state index in [2.05, 4.69) is 23.1 Å². The van der Waals surface area contributed by atoms with Gasteiger partial charge in [0.15, 0.2) is 0 Å². The predicted octanol–water partition coefficient (Wildman–Crippen LogP) is 2.59.